The van der Waals surface area contributed by atoms with Crippen LogP contribution < -0.4 is 16.4 Å². The Morgan fingerprint density at radius 2 is 2.05 bits per heavy atom. The number of carbonyl (C=O) groups is 2. The van der Waals surface area contributed by atoms with Crippen molar-refractivity contribution in [2.24, 2.45) is 11.1 Å². The molecule has 1 aromatic carbocycles. The number of amides is 2. The Kier molecular flexibility index (Phi) is 4.96. The van der Waals surface area contributed by atoms with Crippen LogP contribution in [0.1, 0.15) is 42.1 Å². The van der Waals surface area contributed by atoms with Crippen LogP contribution in [0.2, 0.25) is 0 Å². The Balaban J connectivity index is 2.00. The quantitative estimate of drug-likeness (QED) is 0.761. The molecule has 5 heteroatoms. The zero-order chi connectivity index (χ0) is 15.3. The molecule has 0 unspecified atom stereocenters. The number of nitrogens with two attached hydrogens (primary N) is 1. The van der Waals surface area contributed by atoms with Crippen LogP contribution in [0, 0.1) is 5.41 Å². The minimum Gasteiger partial charge on any atom is -0.366 e. The standard InChI is InChI=1S/C16H23N3O2/c1-2-16(6-8-18-9-7-16)15(21)19-11-12-4-3-5-13(10-12)14(17)20/h3-5,10,18H,2,6-9,11H2,1H3,(H2,17,20)(H,19,21). The first kappa shape index (κ1) is 15.5. The summed E-state index contributed by atoms with van der Waals surface area (Å²) in [5.74, 6) is -0.345. The number of piperidine rings is 1. The van der Waals surface area contributed by atoms with E-state index in [0.717, 1.165) is 37.9 Å². The molecular weight excluding hydrogens is 266 g/mol. The minimum absolute atomic E-state index is 0.107. The molecule has 0 radical (unpaired) electrons. The summed E-state index contributed by atoms with van der Waals surface area (Å²) in [6, 6.07) is 7.06. The van der Waals surface area contributed by atoms with Crippen LogP contribution in [0.5, 0.6) is 0 Å². The lowest BCUT2D eigenvalue weighted by Crippen LogP contribution is -2.47. The maximum absolute atomic E-state index is 12.5. The second-order valence-electron chi connectivity index (χ2n) is 5.63. The van der Waals surface area contributed by atoms with Crippen molar-refractivity contribution in [2.75, 3.05) is 13.1 Å². The van der Waals surface area contributed by atoms with E-state index < -0.39 is 5.91 Å². The highest BCUT2D eigenvalue weighted by Gasteiger charge is 2.37. The number of hydrogen-bond acceptors (Lipinski definition) is 3. The Labute approximate surface area is 125 Å². The molecule has 114 valence electrons. The van der Waals surface area contributed by atoms with Crippen LogP contribution in [0.15, 0.2) is 24.3 Å². The van der Waals surface area contributed by atoms with Gasteiger partial charge in [-0.25, -0.2) is 0 Å². The Morgan fingerprint density at radius 3 is 2.67 bits per heavy atom. The summed E-state index contributed by atoms with van der Waals surface area (Å²) >= 11 is 0. The fraction of sp³-hybridized carbons (Fsp3) is 0.500. The average molecular weight is 289 g/mol. The molecule has 5 nitrogen and oxygen atoms in total. The lowest BCUT2D eigenvalue weighted by Gasteiger charge is -2.35. The number of hydrogen-bond donors (Lipinski definition) is 3. The molecule has 0 spiro atoms. The molecule has 2 amide bonds. The van der Waals surface area contributed by atoms with Gasteiger partial charge in [0.1, 0.15) is 0 Å². The highest BCUT2D eigenvalue weighted by Crippen LogP contribution is 2.32. The van der Waals surface area contributed by atoms with E-state index in [1.54, 1.807) is 18.2 Å². The summed E-state index contributed by atoms with van der Waals surface area (Å²) in [4.78, 5) is 23.7. The topological polar surface area (TPSA) is 84.2 Å². The summed E-state index contributed by atoms with van der Waals surface area (Å²) in [6.07, 6.45) is 2.59. The van der Waals surface area contributed by atoms with Gasteiger partial charge in [-0.2, -0.15) is 0 Å². The van der Waals surface area contributed by atoms with Crippen LogP contribution in [0.4, 0.5) is 0 Å². The van der Waals surface area contributed by atoms with Gasteiger partial charge in [0.2, 0.25) is 11.8 Å². The first-order valence-electron chi connectivity index (χ1n) is 7.45. The molecule has 0 bridgehead atoms. The van der Waals surface area contributed by atoms with E-state index in [4.69, 9.17) is 5.73 Å². The van der Waals surface area contributed by atoms with Crippen molar-refractivity contribution >= 4 is 11.8 Å². The van der Waals surface area contributed by atoms with Crippen molar-refractivity contribution in [1.82, 2.24) is 10.6 Å². The number of benzene rings is 1. The molecule has 4 N–H and O–H groups in total. The monoisotopic (exact) mass is 289 g/mol. The highest BCUT2D eigenvalue weighted by molar-refractivity contribution is 5.92. The van der Waals surface area contributed by atoms with Gasteiger partial charge in [-0.3, -0.25) is 9.59 Å². The van der Waals surface area contributed by atoms with E-state index >= 15 is 0 Å². The zero-order valence-corrected chi connectivity index (χ0v) is 12.4. The van der Waals surface area contributed by atoms with E-state index in [-0.39, 0.29) is 11.3 Å². The third-order valence-corrected chi connectivity index (χ3v) is 4.38. The fourth-order valence-corrected chi connectivity index (χ4v) is 2.85. The van der Waals surface area contributed by atoms with Crippen molar-refractivity contribution in [2.45, 2.75) is 32.7 Å². The first-order chi connectivity index (χ1) is 10.1. The molecule has 21 heavy (non-hydrogen) atoms. The van der Waals surface area contributed by atoms with Crippen molar-refractivity contribution in [3.05, 3.63) is 35.4 Å². The van der Waals surface area contributed by atoms with E-state index in [2.05, 4.69) is 17.6 Å². The predicted molar refractivity (Wildman–Crippen MR) is 81.6 cm³/mol. The van der Waals surface area contributed by atoms with Gasteiger partial charge in [0, 0.05) is 12.1 Å². The van der Waals surface area contributed by atoms with E-state index in [1.807, 2.05) is 6.07 Å². The second-order valence-corrected chi connectivity index (χ2v) is 5.63. The minimum atomic E-state index is -0.452. The number of primary amides is 1. The van der Waals surface area contributed by atoms with Crippen molar-refractivity contribution in [3.8, 4) is 0 Å². The molecule has 0 saturated carbocycles. The van der Waals surface area contributed by atoms with Crippen molar-refractivity contribution in [3.63, 3.8) is 0 Å². The van der Waals surface area contributed by atoms with Gasteiger partial charge in [0.15, 0.2) is 0 Å². The van der Waals surface area contributed by atoms with Gasteiger partial charge in [-0.15, -0.1) is 0 Å². The van der Waals surface area contributed by atoms with Gasteiger partial charge in [-0.1, -0.05) is 19.1 Å². The van der Waals surface area contributed by atoms with Gasteiger partial charge >= 0.3 is 0 Å². The van der Waals surface area contributed by atoms with Gasteiger partial charge in [0.25, 0.3) is 0 Å². The van der Waals surface area contributed by atoms with Crippen LogP contribution >= 0.6 is 0 Å². The molecule has 0 atom stereocenters. The maximum atomic E-state index is 12.5. The third kappa shape index (κ3) is 3.61. The fourth-order valence-electron chi connectivity index (χ4n) is 2.85. The molecule has 1 aromatic rings. The lowest BCUT2D eigenvalue weighted by atomic mass is 9.76. The summed E-state index contributed by atoms with van der Waals surface area (Å²) in [5, 5.41) is 6.30. The SMILES string of the molecule is CCC1(C(=O)NCc2cccc(C(N)=O)c2)CCNCC1. The van der Waals surface area contributed by atoms with Gasteiger partial charge in [0.05, 0.1) is 5.41 Å². The Hall–Kier alpha value is -1.88. The van der Waals surface area contributed by atoms with Crippen LogP contribution in [0.25, 0.3) is 0 Å². The Morgan fingerprint density at radius 1 is 1.33 bits per heavy atom. The summed E-state index contributed by atoms with van der Waals surface area (Å²) in [5.41, 5.74) is 6.36. The van der Waals surface area contributed by atoms with Crippen LogP contribution in [0.3, 0.4) is 0 Å². The normalized spacial score (nSPS) is 17.2. The summed E-state index contributed by atoms with van der Waals surface area (Å²) in [6.45, 7) is 4.27. The van der Waals surface area contributed by atoms with E-state index in [0.29, 0.717) is 12.1 Å². The summed E-state index contributed by atoms with van der Waals surface area (Å²) < 4.78 is 0. The molecule has 2 rings (SSSR count). The summed E-state index contributed by atoms with van der Waals surface area (Å²) in [7, 11) is 0. The molecular formula is C16H23N3O2. The average Bonchev–Trinajstić information content (AvgIpc) is 2.53. The lowest BCUT2D eigenvalue weighted by molar-refractivity contribution is -0.133. The van der Waals surface area contributed by atoms with E-state index in [1.165, 1.54) is 0 Å². The highest BCUT2D eigenvalue weighted by atomic mass is 16.2. The smallest absolute Gasteiger partial charge is 0.248 e. The largest absolute Gasteiger partial charge is 0.366 e. The predicted octanol–water partition coefficient (Wildman–Crippen LogP) is 1.18. The maximum Gasteiger partial charge on any atom is 0.248 e. The zero-order valence-electron chi connectivity index (χ0n) is 12.4. The molecule has 1 fully saturated rings. The Bertz CT molecular complexity index is 522. The number of rotatable bonds is 5. The van der Waals surface area contributed by atoms with Crippen LogP contribution in [-0.4, -0.2) is 24.9 Å². The van der Waals surface area contributed by atoms with E-state index in [9.17, 15) is 9.59 Å². The molecule has 0 aromatic heterocycles. The first-order valence-corrected chi connectivity index (χ1v) is 7.45. The second kappa shape index (κ2) is 6.72. The number of carbonyl (C=O) groups excluding carboxylic acids is 2. The number of nitrogens with one attached hydrogen (secondary N) is 2. The molecule has 1 aliphatic heterocycles. The molecule has 0 aliphatic carbocycles. The third-order valence-electron chi connectivity index (χ3n) is 4.38. The molecule has 1 heterocycles. The van der Waals surface area contributed by atoms with Gasteiger partial charge in [-0.05, 0) is 50.0 Å². The van der Waals surface area contributed by atoms with Crippen LogP contribution in [-0.2, 0) is 11.3 Å². The van der Waals surface area contributed by atoms with Gasteiger partial charge < -0.3 is 16.4 Å². The van der Waals surface area contributed by atoms with Crippen molar-refractivity contribution in [1.29, 1.82) is 0 Å². The molecule has 1 saturated heterocycles. The molecule has 1 aliphatic rings. The van der Waals surface area contributed by atoms with Crippen molar-refractivity contribution < 1.29 is 9.59 Å².